The number of halogens is 2. The standard InChI is InChI=1S/C35H33Cl2N9O/c36-24-9-7-23(8-10-24)34-33-29(38)5-2-6-31(33)46(43-34)18-17-44-13-15-45(16-14-44)21-32(47)41-27-11-12-30-28(20-27)35(40-22-39-30)42-26-4-1-3-25(37)19-26/h1-12,19-20,22H,13-18,21,38H2,(H,41,47)(H,39,40,42). The van der Waals surface area contributed by atoms with E-state index in [2.05, 4.69) is 36.5 Å². The number of nitrogen functional groups attached to an aromatic ring is 1. The summed E-state index contributed by atoms with van der Waals surface area (Å²) in [5.74, 6) is 0.576. The number of hydrogen-bond donors (Lipinski definition) is 3. The van der Waals surface area contributed by atoms with E-state index in [0.717, 1.165) is 78.0 Å². The third kappa shape index (κ3) is 7.01. The average molecular weight is 667 g/mol. The fourth-order valence-corrected chi connectivity index (χ4v) is 6.30. The van der Waals surface area contributed by atoms with Gasteiger partial charge in [0.1, 0.15) is 17.8 Å². The largest absolute Gasteiger partial charge is 0.398 e. The summed E-state index contributed by atoms with van der Waals surface area (Å²) in [4.78, 5) is 26.4. The molecule has 0 spiro atoms. The van der Waals surface area contributed by atoms with E-state index >= 15 is 0 Å². The highest BCUT2D eigenvalue weighted by Crippen LogP contribution is 2.33. The Kier molecular flexibility index (Phi) is 8.90. The minimum atomic E-state index is -0.0608. The molecule has 3 heterocycles. The first-order valence-electron chi connectivity index (χ1n) is 15.4. The van der Waals surface area contributed by atoms with Crippen molar-refractivity contribution in [2.45, 2.75) is 6.54 Å². The molecule has 1 aliphatic heterocycles. The van der Waals surface area contributed by atoms with Crippen LogP contribution in [0.25, 0.3) is 33.1 Å². The smallest absolute Gasteiger partial charge is 0.238 e. The van der Waals surface area contributed by atoms with Gasteiger partial charge in [-0.05, 0) is 60.7 Å². The number of hydrogen-bond acceptors (Lipinski definition) is 8. The summed E-state index contributed by atoms with van der Waals surface area (Å²) in [5, 5.41) is 14.4. The number of anilines is 4. The molecule has 238 valence electrons. The van der Waals surface area contributed by atoms with Crippen LogP contribution in [-0.2, 0) is 11.3 Å². The van der Waals surface area contributed by atoms with E-state index in [-0.39, 0.29) is 5.91 Å². The van der Waals surface area contributed by atoms with Crippen LogP contribution < -0.4 is 16.4 Å². The van der Waals surface area contributed by atoms with E-state index in [9.17, 15) is 4.79 Å². The third-order valence-corrected chi connectivity index (χ3v) is 8.88. The van der Waals surface area contributed by atoms with Gasteiger partial charge < -0.3 is 16.4 Å². The van der Waals surface area contributed by atoms with Crippen LogP contribution in [0.3, 0.4) is 0 Å². The average Bonchev–Trinajstić information content (AvgIpc) is 3.45. The normalized spacial score (nSPS) is 14.1. The summed E-state index contributed by atoms with van der Waals surface area (Å²) in [6.45, 7) is 5.22. The van der Waals surface area contributed by atoms with Crippen molar-refractivity contribution in [3.05, 3.63) is 101 Å². The van der Waals surface area contributed by atoms with Crippen molar-refractivity contribution in [1.82, 2.24) is 29.5 Å². The second-order valence-electron chi connectivity index (χ2n) is 11.6. The van der Waals surface area contributed by atoms with Gasteiger partial charge in [0.05, 0.1) is 29.5 Å². The molecule has 0 saturated carbocycles. The Bertz CT molecular complexity index is 2060. The van der Waals surface area contributed by atoms with Crippen LogP contribution in [0.5, 0.6) is 0 Å². The summed E-state index contributed by atoms with van der Waals surface area (Å²) >= 11 is 12.3. The molecule has 10 nitrogen and oxygen atoms in total. The van der Waals surface area contributed by atoms with Gasteiger partial charge in [0.25, 0.3) is 0 Å². The monoisotopic (exact) mass is 665 g/mol. The second kappa shape index (κ2) is 13.5. The summed E-state index contributed by atoms with van der Waals surface area (Å²) < 4.78 is 2.04. The van der Waals surface area contributed by atoms with Gasteiger partial charge in [-0.1, -0.05) is 47.5 Å². The fourth-order valence-electron chi connectivity index (χ4n) is 5.98. The van der Waals surface area contributed by atoms with Crippen molar-refractivity contribution in [3.8, 4) is 11.3 Å². The lowest BCUT2D eigenvalue weighted by molar-refractivity contribution is -0.117. The molecule has 4 N–H and O–H groups in total. The summed E-state index contributed by atoms with van der Waals surface area (Å²) in [6.07, 6.45) is 1.51. The van der Waals surface area contributed by atoms with Gasteiger partial charge >= 0.3 is 0 Å². The maximum atomic E-state index is 13.1. The summed E-state index contributed by atoms with van der Waals surface area (Å²) in [5.41, 5.74) is 12.2. The molecule has 1 aliphatic rings. The van der Waals surface area contributed by atoms with Crippen molar-refractivity contribution < 1.29 is 4.79 Å². The number of nitrogens with zero attached hydrogens (tertiary/aromatic N) is 6. The number of benzene rings is 4. The molecule has 7 rings (SSSR count). The number of piperazine rings is 1. The van der Waals surface area contributed by atoms with Crippen molar-refractivity contribution in [1.29, 1.82) is 0 Å². The molecular weight excluding hydrogens is 633 g/mol. The Hall–Kier alpha value is -4.74. The number of carbonyl (C=O) groups is 1. The Balaban J connectivity index is 0.947. The maximum absolute atomic E-state index is 13.1. The van der Waals surface area contributed by atoms with Crippen LogP contribution >= 0.6 is 23.2 Å². The van der Waals surface area contributed by atoms with Gasteiger partial charge in [-0.2, -0.15) is 5.10 Å². The highest BCUT2D eigenvalue weighted by molar-refractivity contribution is 6.31. The van der Waals surface area contributed by atoms with Gasteiger partial charge in [-0.15, -0.1) is 0 Å². The fraction of sp³-hybridized carbons (Fsp3) is 0.200. The number of nitrogens with two attached hydrogens (primary N) is 1. The van der Waals surface area contributed by atoms with Crippen molar-refractivity contribution >= 4 is 73.8 Å². The molecule has 2 aromatic heterocycles. The van der Waals surface area contributed by atoms with E-state index in [1.54, 1.807) is 0 Å². The number of carbonyl (C=O) groups excluding carboxylic acids is 1. The molecule has 1 amide bonds. The number of amides is 1. The second-order valence-corrected chi connectivity index (χ2v) is 12.4. The van der Waals surface area contributed by atoms with E-state index in [1.807, 2.05) is 83.5 Å². The zero-order chi connectivity index (χ0) is 32.3. The van der Waals surface area contributed by atoms with E-state index < -0.39 is 0 Å². The van der Waals surface area contributed by atoms with Gasteiger partial charge in [-0.25, -0.2) is 9.97 Å². The molecule has 0 bridgehead atoms. The van der Waals surface area contributed by atoms with Crippen LogP contribution in [0, 0.1) is 0 Å². The lowest BCUT2D eigenvalue weighted by Crippen LogP contribution is -2.49. The first-order chi connectivity index (χ1) is 22.9. The molecule has 6 aromatic rings. The Morgan fingerprint density at radius 1 is 0.809 bits per heavy atom. The zero-order valence-electron chi connectivity index (χ0n) is 25.5. The Morgan fingerprint density at radius 3 is 2.40 bits per heavy atom. The maximum Gasteiger partial charge on any atom is 0.238 e. The molecule has 0 unspecified atom stereocenters. The predicted molar refractivity (Wildman–Crippen MR) is 190 cm³/mol. The lowest BCUT2D eigenvalue weighted by atomic mass is 10.1. The predicted octanol–water partition coefficient (Wildman–Crippen LogP) is 6.54. The number of aromatic nitrogens is 4. The highest BCUT2D eigenvalue weighted by atomic mass is 35.5. The van der Waals surface area contributed by atoms with Crippen LogP contribution in [-0.4, -0.2) is 74.7 Å². The zero-order valence-corrected chi connectivity index (χ0v) is 27.0. The molecule has 0 radical (unpaired) electrons. The quantitative estimate of drug-likeness (QED) is 0.149. The molecule has 0 atom stereocenters. The topological polar surface area (TPSA) is 117 Å². The van der Waals surface area contributed by atoms with Gasteiger partial charge in [-0.3, -0.25) is 19.3 Å². The third-order valence-electron chi connectivity index (χ3n) is 8.39. The van der Waals surface area contributed by atoms with Crippen molar-refractivity contribution in [2.75, 3.05) is 55.6 Å². The minimum Gasteiger partial charge on any atom is -0.398 e. The highest BCUT2D eigenvalue weighted by Gasteiger charge is 2.21. The van der Waals surface area contributed by atoms with E-state index in [0.29, 0.717) is 33.8 Å². The van der Waals surface area contributed by atoms with E-state index in [4.69, 9.17) is 34.0 Å². The molecule has 47 heavy (non-hydrogen) atoms. The van der Waals surface area contributed by atoms with Crippen LogP contribution in [0.2, 0.25) is 10.0 Å². The summed E-state index contributed by atoms with van der Waals surface area (Å²) in [7, 11) is 0. The number of nitrogens with one attached hydrogen (secondary N) is 2. The molecule has 0 aliphatic carbocycles. The number of rotatable bonds is 9. The SMILES string of the molecule is Nc1cccc2c1c(-c1ccc(Cl)cc1)nn2CCN1CCN(CC(=O)Nc2ccc3ncnc(Nc4cccc(Cl)c4)c3c2)CC1. The number of fused-ring (bicyclic) bond motifs is 2. The lowest BCUT2D eigenvalue weighted by Gasteiger charge is -2.34. The first kappa shape index (κ1) is 30.9. The van der Waals surface area contributed by atoms with Crippen molar-refractivity contribution in [2.24, 2.45) is 0 Å². The van der Waals surface area contributed by atoms with E-state index in [1.165, 1.54) is 6.33 Å². The van der Waals surface area contributed by atoms with Crippen LogP contribution in [0.1, 0.15) is 0 Å². The molecule has 1 saturated heterocycles. The molecule has 12 heteroatoms. The van der Waals surface area contributed by atoms with Gasteiger partial charge in [0, 0.05) is 70.8 Å². The molecule has 1 fully saturated rings. The van der Waals surface area contributed by atoms with Crippen LogP contribution in [0.15, 0.2) is 91.3 Å². The van der Waals surface area contributed by atoms with Gasteiger partial charge in [0.2, 0.25) is 5.91 Å². The minimum absolute atomic E-state index is 0.0608. The van der Waals surface area contributed by atoms with Gasteiger partial charge in [0.15, 0.2) is 0 Å². The molecular formula is C35H33Cl2N9O. The van der Waals surface area contributed by atoms with Crippen LogP contribution in [0.4, 0.5) is 22.9 Å². The summed E-state index contributed by atoms with van der Waals surface area (Å²) in [6, 6.07) is 26.7. The molecule has 4 aromatic carbocycles. The first-order valence-corrected chi connectivity index (χ1v) is 16.2. The van der Waals surface area contributed by atoms with Crippen molar-refractivity contribution in [3.63, 3.8) is 0 Å². The Labute approximate surface area is 282 Å². The Morgan fingerprint density at radius 2 is 1.60 bits per heavy atom.